The van der Waals surface area contributed by atoms with Gasteiger partial charge in [-0.15, -0.1) is 0 Å². The molecule has 0 amide bonds. The molecule has 0 saturated carbocycles. The lowest BCUT2D eigenvalue weighted by Crippen LogP contribution is -2.11. The van der Waals surface area contributed by atoms with E-state index in [2.05, 4.69) is 88.4 Å². The van der Waals surface area contributed by atoms with Crippen LogP contribution in [0.15, 0.2) is 60.7 Å². The van der Waals surface area contributed by atoms with Crippen LogP contribution in [0.4, 0.5) is 0 Å². The molecule has 0 spiro atoms. The molecular formula is C26H24O. The van der Waals surface area contributed by atoms with Crippen molar-refractivity contribution in [1.29, 1.82) is 0 Å². The van der Waals surface area contributed by atoms with Crippen molar-refractivity contribution in [2.75, 3.05) is 0 Å². The first-order valence-electron chi connectivity index (χ1n) is 9.64. The van der Waals surface area contributed by atoms with Gasteiger partial charge in [0.1, 0.15) is 12.4 Å². The lowest BCUT2D eigenvalue weighted by molar-refractivity contribution is 0.308. The number of fused-ring (bicyclic) bond motifs is 7. The lowest BCUT2D eigenvalue weighted by atomic mass is 9.85. The number of ether oxygens (including phenoxy) is 1. The Morgan fingerprint density at radius 2 is 1.44 bits per heavy atom. The monoisotopic (exact) mass is 352 g/mol. The minimum atomic E-state index is 0.147. The average Bonchev–Trinajstić information content (AvgIpc) is 2.65. The number of hydrogen-bond acceptors (Lipinski definition) is 1. The highest BCUT2D eigenvalue weighted by molar-refractivity contribution is 6.00. The van der Waals surface area contributed by atoms with Crippen LogP contribution < -0.4 is 4.74 Å². The molecule has 134 valence electrons. The Morgan fingerprint density at radius 1 is 0.741 bits per heavy atom. The Kier molecular flexibility index (Phi) is 3.40. The predicted octanol–water partition coefficient (Wildman–Crippen LogP) is 7.16. The summed E-state index contributed by atoms with van der Waals surface area (Å²) in [4.78, 5) is 0. The van der Waals surface area contributed by atoms with Crippen LogP contribution in [0.25, 0.3) is 32.7 Å². The second kappa shape index (κ2) is 5.60. The van der Waals surface area contributed by atoms with Gasteiger partial charge in [0.15, 0.2) is 0 Å². The Balaban J connectivity index is 1.74. The zero-order valence-electron chi connectivity index (χ0n) is 16.4. The van der Waals surface area contributed by atoms with Gasteiger partial charge < -0.3 is 4.74 Å². The van der Waals surface area contributed by atoms with Crippen molar-refractivity contribution in [1.82, 2.24) is 0 Å². The highest BCUT2D eigenvalue weighted by Gasteiger charge is 2.22. The fourth-order valence-corrected chi connectivity index (χ4v) is 4.20. The minimum Gasteiger partial charge on any atom is -0.488 e. The van der Waals surface area contributed by atoms with Gasteiger partial charge in [-0.1, -0.05) is 87.0 Å². The molecule has 0 aliphatic carbocycles. The third kappa shape index (κ3) is 2.53. The van der Waals surface area contributed by atoms with Gasteiger partial charge >= 0.3 is 0 Å². The van der Waals surface area contributed by atoms with Gasteiger partial charge in [-0.25, -0.2) is 0 Å². The summed E-state index contributed by atoms with van der Waals surface area (Å²) in [5.41, 5.74) is 6.59. The standard InChI is InChI=1S/C26H24O/c1-16-5-9-20-17(13-16)6-10-22-23-11-7-18-14-19(26(2,3)4)8-12-21(18)25(23)27-15-24(20)22/h5-14H,15H2,1-4H3. The quantitative estimate of drug-likeness (QED) is 0.326. The molecule has 5 rings (SSSR count). The van der Waals surface area contributed by atoms with Crippen molar-refractivity contribution in [2.24, 2.45) is 0 Å². The second-order valence-corrected chi connectivity index (χ2v) is 8.73. The molecule has 1 heteroatoms. The minimum absolute atomic E-state index is 0.147. The Labute approximate surface area is 160 Å². The van der Waals surface area contributed by atoms with Gasteiger partial charge in [0.05, 0.1) is 0 Å². The molecule has 0 N–H and O–H groups in total. The third-order valence-corrected chi connectivity index (χ3v) is 5.77. The molecule has 0 saturated heterocycles. The Morgan fingerprint density at radius 3 is 2.22 bits per heavy atom. The molecule has 4 aromatic rings. The molecule has 0 atom stereocenters. The summed E-state index contributed by atoms with van der Waals surface area (Å²) < 4.78 is 6.33. The van der Waals surface area contributed by atoms with Gasteiger partial charge in [-0.3, -0.25) is 0 Å². The van der Waals surface area contributed by atoms with Crippen molar-refractivity contribution >= 4 is 21.5 Å². The first-order chi connectivity index (χ1) is 12.9. The van der Waals surface area contributed by atoms with Crippen LogP contribution in [0.3, 0.4) is 0 Å². The maximum atomic E-state index is 6.33. The summed E-state index contributed by atoms with van der Waals surface area (Å²) in [5.74, 6) is 1.02. The normalized spacial score (nSPS) is 13.3. The first kappa shape index (κ1) is 16.4. The van der Waals surface area contributed by atoms with Gasteiger partial charge in [0.2, 0.25) is 0 Å². The highest BCUT2D eigenvalue weighted by Crippen LogP contribution is 2.44. The van der Waals surface area contributed by atoms with E-state index < -0.39 is 0 Å². The number of rotatable bonds is 0. The second-order valence-electron chi connectivity index (χ2n) is 8.73. The molecule has 0 unspecified atom stereocenters. The summed E-state index contributed by atoms with van der Waals surface area (Å²) in [7, 11) is 0. The summed E-state index contributed by atoms with van der Waals surface area (Å²) in [6, 6.07) is 22.4. The van der Waals surface area contributed by atoms with Crippen molar-refractivity contribution < 1.29 is 4.74 Å². The van der Waals surface area contributed by atoms with Gasteiger partial charge in [-0.05, 0) is 39.6 Å². The number of hydrogen-bond donors (Lipinski definition) is 0. The zero-order chi connectivity index (χ0) is 18.8. The van der Waals surface area contributed by atoms with Crippen LogP contribution in [-0.4, -0.2) is 0 Å². The van der Waals surface area contributed by atoms with E-state index >= 15 is 0 Å². The molecule has 0 fully saturated rings. The summed E-state index contributed by atoms with van der Waals surface area (Å²) in [5, 5.41) is 5.04. The van der Waals surface area contributed by atoms with Crippen LogP contribution in [0.1, 0.15) is 37.5 Å². The van der Waals surface area contributed by atoms with Crippen LogP contribution >= 0.6 is 0 Å². The van der Waals surface area contributed by atoms with E-state index in [1.807, 2.05) is 0 Å². The summed E-state index contributed by atoms with van der Waals surface area (Å²) in [6.45, 7) is 9.54. The largest absolute Gasteiger partial charge is 0.488 e. The number of benzene rings is 4. The van der Waals surface area contributed by atoms with Crippen LogP contribution in [0.5, 0.6) is 5.75 Å². The van der Waals surface area contributed by atoms with E-state index in [9.17, 15) is 0 Å². The average molecular weight is 352 g/mol. The first-order valence-corrected chi connectivity index (χ1v) is 9.64. The zero-order valence-corrected chi connectivity index (χ0v) is 16.4. The van der Waals surface area contributed by atoms with E-state index in [0.29, 0.717) is 6.61 Å². The van der Waals surface area contributed by atoms with E-state index in [1.54, 1.807) is 0 Å². The fraction of sp³-hybridized carbons (Fsp3) is 0.231. The maximum absolute atomic E-state index is 6.33. The van der Waals surface area contributed by atoms with Crippen LogP contribution in [0.2, 0.25) is 0 Å². The molecule has 0 radical (unpaired) electrons. The van der Waals surface area contributed by atoms with Crippen molar-refractivity contribution in [3.8, 4) is 16.9 Å². The van der Waals surface area contributed by atoms with Crippen molar-refractivity contribution in [3.63, 3.8) is 0 Å². The Hall–Kier alpha value is -2.80. The molecule has 1 nitrogen and oxygen atoms in total. The molecular weight excluding hydrogens is 328 g/mol. The Bertz CT molecular complexity index is 1210. The highest BCUT2D eigenvalue weighted by atomic mass is 16.5. The molecule has 0 bridgehead atoms. The molecule has 1 heterocycles. The van der Waals surface area contributed by atoms with Gasteiger partial charge in [0, 0.05) is 16.5 Å². The third-order valence-electron chi connectivity index (χ3n) is 5.77. The van der Waals surface area contributed by atoms with E-state index in [4.69, 9.17) is 4.74 Å². The van der Waals surface area contributed by atoms with E-state index in [1.165, 1.54) is 49.4 Å². The maximum Gasteiger partial charge on any atom is 0.135 e. The van der Waals surface area contributed by atoms with Crippen LogP contribution in [-0.2, 0) is 12.0 Å². The summed E-state index contributed by atoms with van der Waals surface area (Å²) in [6.07, 6.45) is 0. The fourth-order valence-electron chi connectivity index (χ4n) is 4.20. The van der Waals surface area contributed by atoms with E-state index in [-0.39, 0.29) is 5.41 Å². The predicted molar refractivity (Wildman–Crippen MR) is 115 cm³/mol. The van der Waals surface area contributed by atoms with Crippen LogP contribution in [0, 0.1) is 6.92 Å². The smallest absolute Gasteiger partial charge is 0.135 e. The number of aryl methyl sites for hydroxylation is 1. The van der Waals surface area contributed by atoms with Crippen molar-refractivity contribution in [3.05, 3.63) is 77.4 Å². The van der Waals surface area contributed by atoms with Gasteiger partial charge in [0.25, 0.3) is 0 Å². The molecule has 4 aromatic carbocycles. The van der Waals surface area contributed by atoms with E-state index in [0.717, 1.165) is 5.75 Å². The SMILES string of the molecule is Cc1ccc2c3c(ccc2c1)-c1ccc2cc(C(C)(C)C)ccc2c1OC3. The topological polar surface area (TPSA) is 9.23 Å². The summed E-state index contributed by atoms with van der Waals surface area (Å²) >= 11 is 0. The molecule has 0 aromatic heterocycles. The lowest BCUT2D eigenvalue weighted by Gasteiger charge is -2.25. The molecule has 1 aliphatic heterocycles. The molecule has 1 aliphatic rings. The molecule has 27 heavy (non-hydrogen) atoms. The van der Waals surface area contributed by atoms with Crippen molar-refractivity contribution in [2.45, 2.75) is 39.7 Å². The van der Waals surface area contributed by atoms with Gasteiger partial charge in [-0.2, -0.15) is 0 Å².